The Hall–Kier alpha value is -1.93. The maximum Gasteiger partial charge on any atom is 0.270 e. The van der Waals surface area contributed by atoms with E-state index in [1.54, 1.807) is 18.2 Å². The summed E-state index contributed by atoms with van der Waals surface area (Å²) in [7, 11) is 0. The van der Waals surface area contributed by atoms with Crippen molar-refractivity contribution in [3.63, 3.8) is 0 Å². The van der Waals surface area contributed by atoms with E-state index >= 15 is 0 Å². The lowest BCUT2D eigenvalue weighted by atomic mass is 10.1. The second-order valence-corrected chi connectivity index (χ2v) is 7.92. The first-order valence-electron chi connectivity index (χ1n) is 6.91. The van der Waals surface area contributed by atoms with E-state index in [9.17, 15) is 15.3 Å². The summed E-state index contributed by atoms with van der Waals surface area (Å²) in [5, 5.41) is 23.5. The Labute approximate surface area is 144 Å². The number of thioether (sulfide) groups is 1. The SMILES string of the molecule is C=CCN1C(=S)SC(C)(C)C1[N+]([O-])=Cc1cccc([N+](=O)[O-])c1. The fourth-order valence-electron chi connectivity index (χ4n) is 2.50. The Morgan fingerprint density at radius 2 is 2.17 bits per heavy atom. The predicted molar refractivity (Wildman–Crippen MR) is 96.8 cm³/mol. The fourth-order valence-corrected chi connectivity index (χ4v) is 4.40. The highest BCUT2D eigenvalue weighted by Crippen LogP contribution is 2.41. The van der Waals surface area contributed by atoms with Crippen molar-refractivity contribution in [3.05, 3.63) is 57.8 Å². The van der Waals surface area contributed by atoms with Crippen molar-refractivity contribution in [2.75, 3.05) is 6.54 Å². The van der Waals surface area contributed by atoms with Crippen LogP contribution in [0.4, 0.5) is 5.69 Å². The first-order chi connectivity index (χ1) is 10.8. The van der Waals surface area contributed by atoms with Gasteiger partial charge in [0.15, 0.2) is 6.21 Å². The summed E-state index contributed by atoms with van der Waals surface area (Å²) in [6.45, 7) is 8.07. The molecular weight excluding hydrogens is 334 g/mol. The lowest BCUT2D eigenvalue weighted by molar-refractivity contribution is -0.523. The largest absolute Gasteiger partial charge is 0.622 e. The summed E-state index contributed by atoms with van der Waals surface area (Å²) in [6.07, 6.45) is 2.56. The normalized spacial score (nSPS) is 20.6. The number of nitrogens with zero attached hydrogens (tertiary/aromatic N) is 3. The molecule has 1 unspecified atom stereocenters. The molecule has 1 aromatic rings. The van der Waals surface area contributed by atoms with Crippen LogP contribution in [0.3, 0.4) is 0 Å². The van der Waals surface area contributed by atoms with Gasteiger partial charge in [0.05, 0.1) is 4.92 Å². The van der Waals surface area contributed by atoms with E-state index in [4.69, 9.17) is 12.2 Å². The molecule has 1 heterocycles. The van der Waals surface area contributed by atoms with E-state index in [-0.39, 0.29) is 5.69 Å². The Balaban J connectivity index is 2.38. The monoisotopic (exact) mass is 351 g/mol. The molecule has 1 saturated heterocycles. The van der Waals surface area contributed by atoms with E-state index in [1.165, 1.54) is 30.1 Å². The summed E-state index contributed by atoms with van der Waals surface area (Å²) >= 11 is 6.81. The van der Waals surface area contributed by atoms with Crippen LogP contribution in [0.5, 0.6) is 0 Å². The van der Waals surface area contributed by atoms with Crippen molar-refractivity contribution < 1.29 is 9.66 Å². The standard InChI is InChI=1S/C15H17N3O3S2/c1-4-8-16-13(15(2,3)23-14(16)22)17(19)10-11-6-5-7-12(9-11)18(20)21/h4-7,9-10,13H,1,8H2,2-3H3. The summed E-state index contributed by atoms with van der Waals surface area (Å²) in [6, 6.07) is 5.97. The molecule has 0 N–H and O–H groups in total. The zero-order valence-electron chi connectivity index (χ0n) is 12.8. The van der Waals surface area contributed by atoms with Crippen molar-refractivity contribution >= 4 is 40.2 Å². The number of rotatable bonds is 5. The molecule has 6 nitrogen and oxygen atoms in total. The molecular formula is C15H17N3O3S2. The molecule has 1 aliphatic heterocycles. The molecule has 0 saturated carbocycles. The summed E-state index contributed by atoms with van der Waals surface area (Å²) < 4.78 is 1.06. The van der Waals surface area contributed by atoms with Gasteiger partial charge in [-0.15, -0.1) is 6.58 Å². The van der Waals surface area contributed by atoms with Crippen LogP contribution in [-0.2, 0) is 0 Å². The highest BCUT2D eigenvalue weighted by Gasteiger charge is 2.49. The second-order valence-electron chi connectivity index (χ2n) is 5.63. The lowest BCUT2D eigenvalue weighted by Crippen LogP contribution is -2.47. The number of thiocarbonyl (C=S) groups is 1. The predicted octanol–water partition coefficient (Wildman–Crippen LogP) is 3.15. The molecule has 0 bridgehead atoms. The van der Waals surface area contributed by atoms with Crippen LogP contribution in [-0.4, -0.2) is 42.6 Å². The van der Waals surface area contributed by atoms with Gasteiger partial charge < -0.3 is 5.21 Å². The van der Waals surface area contributed by atoms with Gasteiger partial charge in [-0.25, -0.2) is 0 Å². The molecule has 2 rings (SSSR count). The fraction of sp³-hybridized carbons (Fsp3) is 0.333. The zero-order chi connectivity index (χ0) is 17.2. The van der Waals surface area contributed by atoms with Crippen LogP contribution in [0.2, 0.25) is 0 Å². The molecule has 122 valence electrons. The van der Waals surface area contributed by atoms with E-state index in [1.807, 2.05) is 18.7 Å². The van der Waals surface area contributed by atoms with Crippen LogP contribution < -0.4 is 0 Å². The molecule has 1 atom stereocenters. The van der Waals surface area contributed by atoms with E-state index < -0.39 is 15.8 Å². The van der Waals surface area contributed by atoms with Gasteiger partial charge in [-0.1, -0.05) is 36.1 Å². The number of non-ortho nitro benzene ring substituents is 1. The van der Waals surface area contributed by atoms with Crippen molar-refractivity contribution in [3.8, 4) is 0 Å². The van der Waals surface area contributed by atoms with Crippen LogP contribution >= 0.6 is 24.0 Å². The maximum absolute atomic E-state index is 12.7. The smallest absolute Gasteiger partial charge is 0.270 e. The number of benzene rings is 1. The third-order valence-electron chi connectivity index (χ3n) is 3.43. The molecule has 1 aromatic carbocycles. The average Bonchev–Trinajstić information content (AvgIpc) is 2.68. The number of hydrogen-bond acceptors (Lipinski definition) is 5. The van der Waals surface area contributed by atoms with Crippen LogP contribution in [0.25, 0.3) is 0 Å². The van der Waals surface area contributed by atoms with E-state index in [2.05, 4.69) is 6.58 Å². The molecule has 0 spiro atoms. The Morgan fingerprint density at radius 3 is 2.78 bits per heavy atom. The molecule has 0 aromatic heterocycles. The summed E-state index contributed by atoms with van der Waals surface area (Å²) in [4.78, 5) is 12.2. The highest BCUT2D eigenvalue weighted by molar-refractivity contribution is 8.24. The molecule has 0 amide bonds. The molecule has 1 fully saturated rings. The molecule has 8 heteroatoms. The number of nitro groups is 1. The quantitative estimate of drug-likeness (QED) is 0.154. The van der Waals surface area contributed by atoms with Gasteiger partial charge in [0.25, 0.3) is 11.9 Å². The van der Waals surface area contributed by atoms with E-state index in [0.717, 1.165) is 4.74 Å². The van der Waals surface area contributed by atoms with Crippen molar-refractivity contribution in [2.45, 2.75) is 24.8 Å². The van der Waals surface area contributed by atoms with Crippen molar-refractivity contribution in [2.24, 2.45) is 0 Å². The van der Waals surface area contributed by atoms with Gasteiger partial charge >= 0.3 is 0 Å². The first kappa shape index (κ1) is 17.4. The average molecular weight is 351 g/mol. The van der Waals surface area contributed by atoms with Crippen LogP contribution in [0, 0.1) is 15.3 Å². The number of nitro benzene ring substituents is 1. The highest BCUT2D eigenvalue weighted by atomic mass is 32.2. The Bertz CT molecular complexity index is 688. The van der Waals surface area contributed by atoms with Gasteiger partial charge in [-0.3, -0.25) is 15.0 Å². The van der Waals surface area contributed by atoms with Gasteiger partial charge in [0, 0.05) is 24.2 Å². The molecule has 0 radical (unpaired) electrons. The minimum Gasteiger partial charge on any atom is -0.622 e. The number of hydrogen-bond donors (Lipinski definition) is 0. The van der Waals surface area contributed by atoms with Crippen LogP contribution in [0.15, 0.2) is 36.9 Å². The minimum atomic E-state index is -0.503. The topological polar surface area (TPSA) is 72.5 Å². The van der Waals surface area contributed by atoms with Crippen molar-refractivity contribution in [1.29, 1.82) is 0 Å². The molecule has 23 heavy (non-hydrogen) atoms. The third kappa shape index (κ3) is 3.70. The Morgan fingerprint density at radius 1 is 1.48 bits per heavy atom. The maximum atomic E-state index is 12.7. The lowest BCUT2D eigenvalue weighted by Gasteiger charge is -2.29. The summed E-state index contributed by atoms with van der Waals surface area (Å²) in [5.41, 5.74) is 0.428. The molecule has 1 aliphatic rings. The second kappa shape index (κ2) is 6.67. The summed E-state index contributed by atoms with van der Waals surface area (Å²) in [5.74, 6) is 0. The minimum absolute atomic E-state index is 0.0503. The third-order valence-corrected chi connectivity index (χ3v) is 5.06. The molecule has 0 aliphatic carbocycles. The van der Waals surface area contributed by atoms with Gasteiger partial charge in [0.2, 0.25) is 0 Å². The van der Waals surface area contributed by atoms with Crippen LogP contribution in [0.1, 0.15) is 19.4 Å². The zero-order valence-corrected chi connectivity index (χ0v) is 14.5. The van der Waals surface area contributed by atoms with E-state index in [0.29, 0.717) is 16.4 Å². The van der Waals surface area contributed by atoms with Gasteiger partial charge in [-0.05, 0) is 19.9 Å². The number of hydroxylamine groups is 1. The van der Waals surface area contributed by atoms with Crippen molar-refractivity contribution in [1.82, 2.24) is 4.90 Å². The van der Waals surface area contributed by atoms with Gasteiger partial charge in [0.1, 0.15) is 9.07 Å². The van der Waals surface area contributed by atoms with Gasteiger partial charge in [-0.2, -0.15) is 4.74 Å². The Kier molecular flexibility index (Phi) is 5.06. The first-order valence-corrected chi connectivity index (χ1v) is 8.14.